The first-order valence-corrected chi connectivity index (χ1v) is 1.93. The van der Waals surface area contributed by atoms with Crippen LogP contribution in [0.4, 0.5) is 4.79 Å². The van der Waals surface area contributed by atoms with Crippen LogP contribution in [0, 0.1) is 0 Å². The molecule has 0 aromatic heterocycles. The summed E-state index contributed by atoms with van der Waals surface area (Å²) in [7, 11) is 0. The van der Waals surface area contributed by atoms with E-state index in [-0.39, 0.29) is 24.4 Å². The molecule has 0 fully saturated rings. The fourth-order valence-corrected chi connectivity index (χ4v) is 0. The van der Waals surface area contributed by atoms with E-state index in [2.05, 4.69) is 11.6 Å². The van der Waals surface area contributed by atoms with Gasteiger partial charge in [0.1, 0.15) is 0 Å². The predicted octanol–water partition coefficient (Wildman–Crippen LogP) is 1.97. The van der Waals surface area contributed by atoms with Crippen molar-refractivity contribution < 1.29 is 9.35 Å². The molecule has 0 unspecified atom stereocenters. The van der Waals surface area contributed by atoms with E-state index in [0.29, 0.717) is 0 Å². The summed E-state index contributed by atoms with van der Waals surface area (Å²) in [6.45, 7) is 0. The minimum atomic E-state index is -0.801. The van der Waals surface area contributed by atoms with Gasteiger partial charge in [-0.25, -0.2) is 0 Å². The Hall–Kier alpha value is 0.560. The molecule has 0 saturated carbocycles. The van der Waals surface area contributed by atoms with Gasteiger partial charge in [-0.3, -0.25) is 4.79 Å². The summed E-state index contributed by atoms with van der Waals surface area (Å²) in [5.41, 5.74) is 0. The second-order valence-corrected chi connectivity index (χ2v) is 1.45. The third kappa shape index (κ3) is 8.82. The molecule has 0 heterocycles. The Labute approximate surface area is 50.5 Å². The summed E-state index contributed by atoms with van der Waals surface area (Å²) in [4.78, 5) is 9.29. The van der Waals surface area contributed by atoms with Gasteiger partial charge in [0.2, 0.25) is 0 Å². The normalized spacial score (nSPS) is 6.33. The quantitative estimate of drug-likeness (QED) is 0.422. The lowest BCUT2D eigenvalue weighted by Gasteiger charge is -1.66. The van der Waals surface area contributed by atoms with Crippen molar-refractivity contribution >= 4 is 40.6 Å². The van der Waals surface area contributed by atoms with Crippen molar-refractivity contribution in [1.29, 1.82) is 0 Å². The highest BCUT2D eigenvalue weighted by Gasteiger charge is 1.85. The fraction of sp³-hybridized carbons (Fsp3) is 0. The van der Waals surface area contributed by atoms with Crippen LogP contribution in [0.3, 0.4) is 0 Å². The van der Waals surface area contributed by atoms with Gasteiger partial charge in [0.15, 0.2) is 0 Å². The average Bonchev–Trinajstić information content (AvgIpc) is 1.38. The minimum Gasteiger partial charge on any atom is -0.322 e. The van der Waals surface area contributed by atoms with E-state index in [0.717, 1.165) is 0 Å². The van der Waals surface area contributed by atoms with Crippen LogP contribution in [0.15, 0.2) is 0 Å². The van der Waals surface area contributed by atoms with Crippen molar-refractivity contribution in [3.05, 3.63) is 0 Å². The lowest BCUT2D eigenvalue weighted by molar-refractivity contribution is 0.275. The van der Waals surface area contributed by atoms with Crippen molar-refractivity contribution in [1.82, 2.24) is 0 Å². The number of carbonyl (C=O) groups is 1. The molecule has 0 atom stereocenters. The Morgan fingerprint density at radius 1 is 1.83 bits per heavy atom. The zero-order valence-corrected chi connectivity index (χ0v) is 4.94. The Bertz CT molecular complexity index is 46.8. The molecule has 0 amide bonds. The summed E-state index contributed by atoms with van der Waals surface area (Å²) in [6, 6.07) is 0. The summed E-state index contributed by atoms with van der Waals surface area (Å²) in [5.74, 6) is 0. The highest BCUT2D eigenvalue weighted by Crippen LogP contribution is 1.97. The summed E-state index contributed by atoms with van der Waals surface area (Å²) >= 11 is 4.54. The first kappa shape index (κ1) is 9.75. The molecule has 5 heteroatoms. The molecule has 6 heavy (non-hydrogen) atoms. The van der Waals surface area contributed by atoms with Crippen LogP contribution in [0.25, 0.3) is 0 Å². The zero-order valence-electron chi connectivity index (χ0n) is 2.55. The van der Waals surface area contributed by atoms with Crippen LogP contribution >= 0.6 is 36.1 Å². The van der Waals surface area contributed by atoms with Gasteiger partial charge in [0.05, 0.1) is 12.0 Å². The molecule has 0 aromatic carbocycles. The Kier molecular flexibility index (Phi) is 9.04. The Morgan fingerprint density at radius 2 is 2.00 bits per heavy atom. The topological polar surface area (TPSA) is 37.3 Å². The highest BCUT2D eigenvalue weighted by atomic mass is 35.5. The van der Waals surface area contributed by atoms with Crippen molar-refractivity contribution in [2.24, 2.45) is 0 Å². The van der Waals surface area contributed by atoms with E-state index >= 15 is 0 Å². The molecule has 38 valence electrons. The smallest absolute Gasteiger partial charge is 0.306 e. The fourth-order valence-electron chi connectivity index (χ4n) is 0. The van der Waals surface area contributed by atoms with Crippen LogP contribution in [0.1, 0.15) is 0 Å². The Balaban J connectivity index is 0. The van der Waals surface area contributed by atoms with E-state index in [1.165, 1.54) is 0 Å². The highest BCUT2D eigenvalue weighted by molar-refractivity contribution is 8.11. The maximum absolute atomic E-state index is 9.29. The van der Waals surface area contributed by atoms with Crippen molar-refractivity contribution in [2.45, 2.75) is 0 Å². The molecule has 0 bridgehead atoms. The van der Waals surface area contributed by atoms with Crippen LogP contribution in [0.2, 0.25) is 0 Å². The SMILES string of the molecule is Cl.O=C(Cl)SO. The van der Waals surface area contributed by atoms with E-state index in [9.17, 15) is 4.79 Å². The second kappa shape index (κ2) is 5.56. The monoisotopic (exact) mass is 148 g/mol. The van der Waals surface area contributed by atoms with Gasteiger partial charge in [0.25, 0.3) is 0 Å². The summed E-state index contributed by atoms with van der Waals surface area (Å²) < 4.78 is 6.78. The maximum Gasteiger partial charge on any atom is 0.306 e. The third-order valence-electron chi connectivity index (χ3n) is 0.0718. The number of hydrogen-bond donors (Lipinski definition) is 1. The standard InChI is InChI=1S/CHClO2S.ClH/c2-1(3)5-4;/h4H;1H. The molecular weight excluding hydrogens is 147 g/mol. The molecule has 2 nitrogen and oxygen atoms in total. The maximum atomic E-state index is 9.29. The van der Waals surface area contributed by atoms with Crippen molar-refractivity contribution in [3.63, 3.8) is 0 Å². The lowest BCUT2D eigenvalue weighted by Crippen LogP contribution is -1.61. The second-order valence-electron chi connectivity index (χ2n) is 0.329. The van der Waals surface area contributed by atoms with Crippen LogP contribution < -0.4 is 0 Å². The van der Waals surface area contributed by atoms with E-state index < -0.39 is 4.57 Å². The molecule has 0 aliphatic carbocycles. The van der Waals surface area contributed by atoms with Gasteiger partial charge in [0, 0.05) is 0 Å². The van der Waals surface area contributed by atoms with Gasteiger partial charge >= 0.3 is 4.57 Å². The molecule has 0 aliphatic heterocycles. The molecule has 0 radical (unpaired) electrons. The molecule has 0 rings (SSSR count). The number of rotatable bonds is 0. The minimum absolute atomic E-state index is 0. The molecule has 0 saturated heterocycles. The van der Waals surface area contributed by atoms with Gasteiger partial charge in [-0.05, 0) is 11.6 Å². The molecule has 1 N–H and O–H groups in total. The van der Waals surface area contributed by atoms with Crippen molar-refractivity contribution in [3.8, 4) is 0 Å². The van der Waals surface area contributed by atoms with E-state index in [1.54, 1.807) is 0 Å². The number of halogens is 2. The van der Waals surface area contributed by atoms with E-state index in [4.69, 9.17) is 4.55 Å². The number of hydrogen-bond acceptors (Lipinski definition) is 3. The lowest BCUT2D eigenvalue weighted by atomic mass is 11.8. The first-order valence-electron chi connectivity index (χ1n) is 0.780. The summed E-state index contributed by atoms with van der Waals surface area (Å²) in [6.07, 6.45) is 0. The van der Waals surface area contributed by atoms with Crippen LogP contribution in [0.5, 0.6) is 0 Å². The number of carbonyl (C=O) groups excluding carboxylic acids is 1. The van der Waals surface area contributed by atoms with E-state index in [1.807, 2.05) is 0 Å². The molecule has 0 aliphatic rings. The van der Waals surface area contributed by atoms with Gasteiger partial charge in [-0.1, -0.05) is 0 Å². The zero-order chi connectivity index (χ0) is 4.28. The predicted molar refractivity (Wildman–Crippen MR) is 28.7 cm³/mol. The average molecular weight is 149 g/mol. The summed E-state index contributed by atoms with van der Waals surface area (Å²) in [5, 5.41) is 0. The van der Waals surface area contributed by atoms with Gasteiger partial charge in [-0.2, -0.15) is 0 Å². The van der Waals surface area contributed by atoms with Crippen LogP contribution in [-0.2, 0) is 0 Å². The molecule has 0 aromatic rings. The largest absolute Gasteiger partial charge is 0.322 e. The third-order valence-corrected chi connectivity index (χ3v) is 0.422. The van der Waals surface area contributed by atoms with Gasteiger partial charge in [-0.15, -0.1) is 12.4 Å². The van der Waals surface area contributed by atoms with Crippen molar-refractivity contribution in [2.75, 3.05) is 0 Å². The molecule has 0 spiro atoms. The first-order chi connectivity index (χ1) is 2.27. The Morgan fingerprint density at radius 3 is 2.00 bits per heavy atom. The molecular formula is CH2Cl2O2S. The van der Waals surface area contributed by atoms with Gasteiger partial charge < -0.3 is 4.55 Å². The van der Waals surface area contributed by atoms with Crippen LogP contribution in [-0.4, -0.2) is 9.13 Å².